The Balaban J connectivity index is 1.72. The number of hydrogen-bond acceptors (Lipinski definition) is 3. The number of benzene rings is 1. The van der Waals surface area contributed by atoms with Gasteiger partial charge in [0.15, 0.2) is 0 Å². The van der Waals surface area contributed by atoms with Gasteiger partial charge in [0.2, 0.25) is 10.0 Å². The molecule has 1 aromatic carbocycles. The zero-order valence-corrected chi connectivity index (χ0v) is 12.7. The first-order valence-corrected chi connectivity index (χ1v) is 8.88. The van der Waals surface area contributed by atoms with Gasteiger partial charge in [-0.2, -0.15) is 0 Å². The van der Waals surface area contributed by atoms with Gasteiger partial charge in [0.05, 0.1) is 11.4 Å². The molecule has 0 spiro atoms. The van der Waals surface area contributed by atoms with E-state index in [-0.39, 0.29) is 6.04 Å². The predicted octanol–water partition coefficient (Wildman–Crippen LogP) is 1.46. The lowest BCUT2D eigenvalue weighted by molar-refractivity contribution is 0.390. The van der Waals surface area contributed by atoms with E-state index in [9.17, 15) is 8.42 Å². The van der Waals surface area contributed by atoms with Gasteiger partial charge >= 0.3 is 0 Å². The SMILES string of the molecule is NCC#Cc1ccc(S(=O)(=O)NC2CC3CCC2C3)cc1. The van der Waals surface area contributed by atoms with E-state index in [1.807, 2.05) is 0 Å². The molecule has 5 heteroatoms. The summed E-state index contributed by atoms with van der Waals surface area (Å²) in [5.41, 5.74) is 6.09. The maximum atomic E-state index is 12.4. The van der Waals surface area contributed by atoms with Crippen molar-refractivity contribution in [2.75, 3.05) is 6.54 Å². The van der Waals surface area contributed by atoms with E-state index in [1.54, 1.807) is 24.3 Å². The molecule has 2 aliphatic carbocycles. The number of fused-ring (bicyclic) bond motifs is 2. The molecule has 0 aliphatic heterocycles. The van der Waals surface area contributed by atoms with E-state index in [4.69, 9.17) is 5.73 Å². The van der Waals surface area contributed by atoms with Crippen molar-refractivity contribution in [2.45, 2.75) is 36.6 Å². The van der Waals surface area contributed by atoms with Crippen LogP contribution in [0, 0.1) is 23.7 Å². The number of nitrogens with two attached hydrogens (primary N) is 1. The minimum Gasteiger partial charge on any atom is -0.320 e. The van der Waals surface area contributed by atoms with Crippen molar-refractivity contribution >= 4 is 10.0 Å². The first kappa shape index (κ1) is 14.6. The molecule has 0 aromatic heterocycles. The fourth-order valence-corrected chi connectivity index (χ4v) is 4.84. The summed E-state index contributed by atoms with van der Waals surface area (Å²) in [6.07, 6.45) is 4.59. The van der Waals surface area contributed by atoms with Gasteiger partial charge in [0, 0.05) is 11.6 Å². The molecule has 2 bridgehead atoms. The first-order valence-electron chi connectivity index (χ1n) is 7.40. The van der Waals surface area contributed by atoms with E-state index >= 15 is 0 Å². The molecular weight excluding hydrogens is 284 g/mol. The Morgan fingerprint density at radius 2 is 1.95 bits per heavy atom. The summed E-state index contributed by atoms with van der Waals surface area (Å²) < 4.78 is 27.7. The van der Waals surface area contributed by atoms with E-state index in [0.29, 0.717) is 17.4 Å². The fourth-order valence-electron chi connectivity index (χ4n) is 3.53. The summed E-state index contributed by atoms with van der Waals surface area (Å²) in [6.45, 7) is 0.297. The van der Waals surface area contributed by atoms with Gasteiger partial charge in [0.25, 0.3) is 0 Å². The van der Waals surface area contributed by atoms with Gasteiger partial charge in [-0.05, 0) is 55.4 Å². The summed E-state index contributed by atoms with van der Waals surface area (Å²) >= 11 is 0. The summed E-state index contributed by atoms with van der Waals surface area (Å²) in [6, 6.07) is 6.77. The molecule has 0 saturated heterocycles. The van der Waals surface area contributed by atoms with Gasteiger partial charge in [0.1, 0.15) is 0 Å². The molecule has 3 N–H and O–H groups in total. The van der Waals surface area contributed by atoms with E-state index in [2.05, 4.69) is 16.6 Å². The molecule has 0 radical (unpaired) electrons. The van der Waals surface area contributed by atoms with Crippen LogP contribution in [-0.4, -0.2) is 21.0 Å². The number of hydrogen-bond donors (Lipinski definition) is 2. The third-order valence-electron chi connectivity index (χ3n) is 4.54. The van der Waals surface area contributed by atoms with Crippen LogP contribution in [-0.2, 0) is 10.0 Å². The van der Waals surface area contributed by atoms with Gasteiger partial charge in [-0.3, -0.25) is 0 Å². The Morgan fingerprint density at radius 3 is 2.52 bits per heavy atom. The van der Waals surface area contributed by atoms with E-state index in [1.165, 1.54) is 12.8 Å². The van der Waals surface area contributed by atoms with Gasteiger partial charge in [-0.25, -0.2) is 13.1 Å². The number of rotatable bonds is 3. The van der Waals surface area contributed by atoms with Crippen LogP contribution in [0.3, 0.4) is 0 Å². The Hall–Kier alpha value is -1.35. The average Bonchev–Trinajstić information content (AvgIpc) is 3.07. The minimum atomic E-state index is -3.43. The topological polar surface area (TPSA) is 72.2 Å². The fraction of sp³-hybridized carbons (Fsp3) is 0.500. The highest BCUT2D eigenvalue weighted by molar-refractivity contribution is 7.89. The number of nitrogens with one attached hydrogen (secondary N) is 1. The van der Waals surface area contributed by atoms with Crippen LogP contribution in [0.5, 0.6) is 0 Å². The lowest BCUT2D eigenvalue weighted by Gasteiger charge is -2.22. The molecule has 0 heterocycles. The third-order valence-corrected chi connectivity index (χ3v) is 6.05. The molecule has 2 aliphatic rings. The van der Waals surface area contributed by atoms with Crippen LogP contribution in [0.1, 0.15) is 31.2 Å². The highest BCUT2D eigenvalue weighted by atomic mass is 32.2. The van der Waals surface area contributed by atoms with Crippen molar-refractivity contribution in [3.63, 3.8) is 0 Å². The maximum absolute atomic E-state index is 12.4. The second-order valence-corrected chi connectivity index (χ2v) is 7.65. The summed E-state index contributed by atoms with van der Waals surface area (Å²) in [4.78, 5) is 0.309. The molecular formula is C16H20N2O2S. The minimum absolute atomic E-state index is 0.116. The lowest BCUT2D eigenvalue weighted by atomic mass is 9.96. The van der Waals surface area contributed by atoms with Crippen molar-refractivity contribution in [1.82, 2.24) is 4.72 Å². The monoisotopic (exact) mass is 304 g/mol. The molecule has 1 aromatic rings. The summed E-state index contributed by atoms with van der Waals surface area (Å²) in [5.74, 6) is 6.89. The quantitative estimate of drug-likeness (QED) is 0.831. The van der Waals surface area contributed by atoms with E-state index in [0.717, 1.165) is 24.3 Å². The van der Waals surface area contributed by atoms with Crippen molar-refractivity contribution in [3.8, 4) is 11.8 Å². The van der Waals surface area contributed by atoms with Crippen molar-refractivity contribution in [1.29, 1.82) is 0 Å². The maximum Gasteiger partial charge on any atom is 0.240 e. The van der Waals surface area contributed by atoms with E-state index < -0.39 is 10.0 Å². The Labute approximate surface area is 126 Å². The third kappa shape index (κ3) is 3.13. The zero-order valence-electron chi connectivity index (χ0n) is 11.9. The molecule has 3 unspecified atom stereocenters. The molecule has 3 atom stereocenters. The molecule has 3 rings (SSSR count). The predicted molar refractivity (Wildman–Crippen MR) is 81.9 cm³/mol. The van der Waals surface area contributed by atoms with Gasteiger partial charge in [-0.1, -0.05) is 18.3 Å². The Bertz CT molecular complexity index is 670. The zero-order chi connectivity index (χ0) is 14.9. The highest BCUT2D eigenvalue weighted by Crippen LogP contribution is 2.44. The van der Waals surface area contributed by atoms with Crippen molar-refractivity contribution in [3.05, 3.63) is 29.8 Å². The second-order valence-electron chi connectivity index (χ2n) is 5.93. The highest BCUT2D eigenvalue weighted by Gasteiger charge is 2.41. The van der Waals surface area contributed by atoms with Gasteiger partial charge in [-0.15, -0.1) is 0 Å². The van der Waals surface area contributed by atoms with Gasteiger partial charge < -0.3 is 5.73 Å². The molecule has 4 nitrogen and oxygen atoms in total. The standard InChI is InChI=1S/C16H20N2O2S/c17-9-1-2-12-4-7-15(8-5-12)21(19,20)18-16-11-13-3-6-14(16)10-13/h4-5,7-8,13-14,16,18H,3,6,9-11,17H2. The molecule has 0 amide bonds. The van der Waals surface area contributed by atoms with Crippen molar-refractivity contribution < 1.29 is 8.42 Å². The van der Waals surface area contributed by atoms with Crippen LogP contribution < -0.4 is 10.5 Å². The lowest BCUT2D eigenvalue weighted by Crippen LogP contribution is -2.38. The van der Waals surface area contributed by atoms with Crippen molar-refractivity contribution in [2.24, 2.45) is 17.6 Å². The van der Waals surface area contributed by atoms with Crippen LogP contribution in [0.4, 0.5) is 0 Å². The van der Waals surface area contributed by atoms with Crippen LogP contribution in [0.25, 0.3) is 0 Å². The normalized spacial score (nSPS) is 27.4. The molecule has 21 heavy (non-hydrogen) atoms. The van der Waals surface area contributed by atoms with Crippen LogP contribution >= 0.6 is 0 Å². The smallest absolute Gasteiger partial charge is 0.240 e. The average molecular weight is 304 g/mol. The second kappa shape index (κ2) is 5.80. The largest absolute Gasteiger partial charge is 0.320 e. The molecule has 2 saturated carbocycles. The molecule has 112 valence electrons. The summed E-state index contributed by atoms with van der Waals surface area (Å²) in [7, 11) is -3.43. The van der Waals surface area contributed by atoms with Crippen LogP contribution in [0.2, 0.25) is 0 Å². The van der Waals surface area contributed by atoms with Crippen LogP contribution in [0.15, 0.2) is 29.2 Å². The Kier molecular flexibility index (Phi) is 4.03. The Morgan fingerprint density at radius 1 is 1.19 bits per heavy atom. The summed E-state index contributed by atoms with van der Waals surface area (Å²) in [5, 5.41) is 0. The first-order chi connectivity index (χ1) is 10.1. The molecule has 2 fully saturated rings. The number of sulfonamides is 1.